The van der Waals surface area contributed by atoms with E-state index in [1.165, 1.54) is 19.4 Å². The van der Waals surface area contributed by atoms with Gasteiger partial charge < -0.3 is 19.5 Å². The van der Waals surface area contributed by atoms with Crippen molar-refractivity contribution in [2.45, 2.75) is 64.6 Å². The number of halogens is 1. The lowest BCUT2D eigenvalue weighted by atomic mass is 9.94. The van der Waals surface area contributed by atoms with Crippen LogP contribution in [0.25, 0.3) is 11.0 Å². The predicted octanol–water partition coefficient (Wildman–Crippen LogP) is 4.58. The second kappa shape index (κ2) is 8.79. The zero-order valence-corrected chi connectivity index (χ0v) is 18.0. The number of aromatic nitrogens is 3. The van der Waals surface area contributed by atoms with Gasteiger partial charge in [0.05, 0.1) is 11.8 Å². The Balaban J connectivity index is 0.000000431. The molecule has 0 radical (unpaired) electrons. The highest BCUT2D eigenvalue weighted by Gasteiger charge is 2.31. The Bertz CT molecular complexity index is 944. The molecule has 29 heavy (non-hydrogen) atoms. The topological polar surface area (TPSA) is 80.4 Å². The molecule has 0 bridgehead atoms. The maximum Gasteiger partial charge on any atom is 0.156 e. The third-order valence-electron chi connectivity index (χ3n) is 5.00. The summed E-state index contributed by atoms with van der Waals surface area (Å²) in [4.78, 5) is 8.70. The minimum atomic E-state index is -1.50. The third kappa shape index (κ3) is 5.54. The van der Waals surface area contributed by atoms with E-state index in [0.29, 0.717) is 5.92 Å². The van der Waals surface area contributed by atoms with Crippen molar-refractivity contribution >= 4 is 22.6 Å². The Morgan fingerprint density at radius 3 is 2.45 bits per heavy atom. The molecule has 1 aromatic carbocycles. The highest BCUT2D eigenvalue weighted by atomic mass is 35.5. The van der Waals surface area contributed by atoms with E-state index in [9.17, 15) is 0 Å². The summed E-state index contributed by atoms with van der Waals surface area (Å²) in [7, 11) is 0. The van der Waals surface area contributed by atoms with Gasteiger partial charge in [-0.15, -0.1) is 0 Å². The van der Waals surface area contributed by atoms with Crippen LogP contribution in [0.15, 0.2) is 42.9 Å². The van der Waals surface area contributed by atoms with Crippen LogP contribution in [0.3, 0.4) is 0 Å². The van der Waals surface area contributed by atoms with Crippen molar-refractivity contribution in [1.29, 1.82) is 0 Å². The van der Waals surface area contributed by atoms with Crippen LogP contribution >= 0.6 is 11.6 Å². The SMILES string of the molecule is CC(C)(O)O.Cc1ncnc2c1ccn2C1CCC(C(C)c2ccc(Cl)cc2)O1. The Hall–Kier alpha value is -1.99. The number of fused-ring (bicyclic) bond motifs is 1. The molecule has 3 heterocycles. The number of nitrogens with zero attached hydrogens (tertiary/aromatic N) is 3. The van der Waals surface area contributed by atoms with Gasteiger partial charge >= 0.3 is 0 Å². The van der Waals surface area contributed by atoms with Crippen molar-refractivity contribution in [2.75, 3.05) is 0 Å². The van der Waals surface area contributed by atoms with Gasteiger partial charge in [-0.05, 0) is 57.4 Å². The summed E-state index contributed by atoms with van der Waals surface area (Å²) >= 11 is 5.99. The average molecular weight is 418 g/mol. The van der Waals surface area contributed by atoms with Crippen LogP contribution in [-0.2, 0) is 4.74 Å². The number of hydrogen-bond acceptors (Lipinski definition) is 5. The molecular formula is C22H28ClN3O3. The summed E-state index contributed by atoms with van der Waals surface area (Å²) in [5, 5.41) is 18.0. The molecule has 2 N–H and O–H groups in total. The van der Waals surface area contributed by atoms with E-state index in [4.69, 9.17) is 26.6 Å². The third-order valence-corrected chi connectivity index (χ3v) is 5.25. The summed E-state index contributed by atoms with van der Waals surface area (Å²) in [6, 6.07) is 10.1. The van der Waals surface area contributed by atoms with Crippen LogP contribution in [0, 0.1) is 6.92 Å². The van der Waals surface area contributed by atoms with Gasteiger partial charge in [0.15, 0.2) is 5.79 Å². The van der Waals surface area contributed by atoms with Crippen LogP contribution in [0.1, 0.15) is 57.0 Å². The van der Waals surface area contributed by atoms with Crippen LogP contribution in [0.4, 0.5) is 0 Å². The fourth-order valence-electron chi connectivity index (χ4n) is 3.53. The normalized spacial score (nSPS) is 20.4. The minimum absolute atomic E-state index is 0.0385. The van der Waals surface area contributed by atoms with E-state index in [-0.39, 0.29) is 12.3 Å². The number of aliphatic hydroxyl groups is 2. The van der Waals surface area contributed by atoms with E-state index in [1.54, 1.807) is 6.33 Å². The summed E-state index contributed by atoms with van der Waals surface area (Å²) in [5.74, 6) is -1.16. The fraction of sp³-hybridized carbons (Fsp3) is 0.455. The van der Waals surface area contributed by atoms with Crippen molar-refractivity contribution in [3.05, 3.63) is 59.1 Å². The first-order chi connectivity index (χ1) is 13.6. The number of ether oxygens (including phenoxy) is 1. The van der Waals surface area contributed by atoms with Crippen molar-refractivity contribution in [2.24, 2.45) is 0 Å². The first-order valence-corrected chi connectivity index (χ1v) is 10.1. The molecule has 0 saturated carbocycles. The maximum absolute atomic E-state index is 8.08. The average Bonchev–Trinajstić information content (AvgIpc) is 3.28. The van der Waals surface area contributed by atoms with E-state index in [2.05, 4.69) is 45.9 Å². The lowest BCUT2D eigenvalue weighted by Gasteiger charge is -2.21. The minimum Gasteiger partial charge on any atom is -0.366 e. The van der Waals surface area contributed by atoms with E-state index in [1.807, 2.05) is 19.1 Å². The van der Waals surface area contributed by atoms with Gasteiger partial charge in [0.2, 0.25) is 0 Å². The molecule has 3 atom stereocenters. The molecular weight excluding hydrogens is 390 g/mol. The lowest BCUT2D eigenvalue weighted by Crippen LogP contribution is -2.17. The number of aryl methyl sites for hydroxylation is 1. The van der Waals surface area contributed by atoms with Crippen molar-refractivity contribution in [1.82, 2.24) is 14.5 Å². The van der Waals surface area contributed by atoms with Gasteiger partial charge in [0.1, 0.15) is 18.2 Å². The number of rotatable bonds is 3. The summed E-state index contributed by atoms with van der Waals surface area (Å²) < 4.78 is 8.51. The molecule has 2 aromatic heterocycles. The summed E-state index contributed by atoms with van der Waals surface area (Å²) in [5.41, 5.74) is 3.22. The van der Waals surface area contributed by atoms with E-state index < -0.39 is 5.79 Å². The zero-order valence-electron chi connectivity index (χ0n) is 17.2. The zero-order chi connectivity index (χ0) is 21.2. The smallest absolute Gasteiger partial charge is 0.156 e. The molecule has 1 aliphatic rings. The predicted molar refractivity (Wildman–Crippen MR) is 114 cm³/mol. The second-order valence-electron chi connectivity index (χ2n) is 7.96. The molecule has 6 nitrogen and oxygen atoms in total. The molecule has 156 valence electrons. The Kier molecular flexibility index (Phi) is 6.58. The van der Waals surface area contributed by atoms with Gasteiger partial charge in [-0.25, -0.2) is 9.97 Å². The largest absolute Gasteiger partial charge is 0.366 e. The lowest BCUT2D eigenvalue weighted by molar-refractivity contribution is -0.127. The monoisotopic (exact) mass is 417 g/mol. The highest BCUT2D eigenvalue weighted by Crippen LogP contribution is 2.37. The highest BCUT2D eigenvalue weighted by molar-refractivity contribution is 6.30. The van der Waals surface area contributed by atoms with Gasteiger partial charge in [-0.2, -0.15) is 0 Å². The molecule has 4 rings (SSSR count). The molecule has 0 spiro atoms. The molecule has 0 aliphatic carbocycles. The molecule has 1 saturated heterocycles. The van der Waals surface area contributed by atoms with Crippen molar-refractivity contribution in [3.8, 4) is 0 Å². The van der Waals surface area contributed by atoms with Gasteiger partial charge in [-0.1, -0.05) is 30.7 Å². The number of benzene rings is 1. The summed E-state index contributed by atoms with van der Waals surface area (Å²) in [6.07, 6.45) is 5.96. The molecule has 3 aromatic rings. The molecule has 1 aliphatic heterocycles. The van der Waals surface area contributed by atoms with Crippen molar-refractivity contribution < 1.29 is 14.9 Å². The van der Waals surface area contributed by atoms with Gasteiger partial charge in [0, 0.05) is 22.5 Å². The van der Waals surface area contributed by atoms with Crippen LogP contribution < -0.4 is 0 Å². The van der Waals surface area contributed by atoms with Crippen LogP contribution in [0.5, 0.6) is 0 Å². The quantitative estimate of drug-likeness (QED) is 0.609. The first-order valence-electron chi connectivity index (χ1n) is 9.77. The van der Waals surface area contributed by atoms with Crippen LogP contribution in [-0.4, -0.2) is 36.6 Å². The molecule has 3 unspecified atom stereocenters. The molecule has 1 fully saturated rings. The Morgan fingerprint density at radius 2 is 1.79 bits per heavy atom. The second-order valence-corrected chi connectivity index (χ2v) is 8.40. The van der Waals surface area contributed by atoms with E-state index >= 15 is 0 Å². The van der Waals surface area contributed by atoms with E-state index in [0.717, 1.165) is 34.6 Å². The molecule has 0 amide bonds. The maximum atomic E-state index is 8.08. The standard InChI is InChI=1S/C19H20ClN3O.C3H8O2/c1-12(14-3-5-15(20)6-4-14)17-7-8-18(24-17)23-10-9-16-13(2)21-11-22-19(16)23;1-3(2,4)5/h3-6,9-12,17-18H,7-8H2,1-2H3;4-5H,1-2H3. The Morgan fingerprint density at radius 1 is 1.14 bits per heavy atom. The fourth-order valence-corrected chi connectivity index (χ4v) is 3.65. The van der Waals surface area contributed by atoms with Gasteiger partial charge in [0.25, 0.3) is 0 Å². The summed E-state index contributed by atoms with van der Waals surface area (Å²) in [6.45, 7) is 6.83. The molecule has 7 heteroatoms. The van der Waals surface area contributed by atoms with Crippen LogP contribution in [0.2, 0.25) is 5.02 Å². The first kappa shape index (κ1) is 21.7. The Labute approximate surface area is 176 Å². The van der Waals surface area contributed by atoms with Crippen molar-refractivity contribution in [3.63, 3.8) is 0 Å². The number of hydrogen-bond donors (Lipinski definition) is 2. The van der Waals surface area contributed by atoms with Gasteiger partial charge in [-0.3, -0.25) is 0 Å².